The van der Waals surface area contributed by atoms with E-state index in [1.165, 1.54) is 19.5 Å². The zero-order valence-electron chi connectivity index (χ0n) is 21.0. The molecule has 0 bridgehead atoms. The van der Waals surface area contributed by atoms with Gasteiger partial charge in [0, 0.05) is 16.9 Å². The van der Waals surface area contributed by atoms with Crippen LogP contribution in [0.4, 0.5) is 16.0 Å². The predicted octanol–water partition coefficient (Wildman–Crippen LogP) is 6.00. The standard InChI is InChI=1S/C28H25BrFN5O3/c1-16-8-10-20(11-9-16)34-27(36)24-17(2)33-28-31-15-32-35(28)25(24)19-12-21(29)26(23(13-19)37-3)38-14-18-6-4-5-7-22(18)30/h4-13,15,25H,14H2,1-3H3,(H,34,36)(H,31,32,33). The molecule has 0 saturated carbocycles. The summed E-state index contributed by atoms with van der Waals surface area (Å²) in [5.74, 6) is 0.715. The Bertz CT molecular complexity index is 1530. The maximum Gasteiger partial charge on any atom is 0.255 e. The van der Waals surface area contributed by atoms with Gasteiger partial charge >= 0.3 is 0 Å². The highest BCUT2D eigenvalue weighted by Crippen LogP contribution is 2.43. The number of nitrogens with zero attached hydrogens (tertiary/aromatic N) is 3. The van der Waals surface area contributed by atoms with E-state index in [1.807, 2.05) is 44.2 Å². The van der Waals surface area contributed by atoms with E-state index >= 15 is 0 Å². The normalized spacial score (nSPS) is 14.5. The first-order valence-electron chi connectivity index (χ1n) is 11.8. The first-order valence-corrected chi connectivity index (χ1v) is 12.6. The molecule has 0 spiro atoms. The molecule has 2 heterocycles. The van der Waals surface area contributed by atoms with Gasteiger partial charge in [0.05, 0.1) is 17.2 Å². The Hall–Kier alpha value is -4.18. The number of nitrogens with one attached hydrogen (secondary N) is 2. The first kappa shape index (κ1) is 25.5. The van der Waals surface area contributed by atoms with E-state index in [0.717, 1.165) is 5.56 Å². The van der Waals surface area contributed by atoms with Crippen molar-refractivity contribution in [1.82, 2.24) is 14.8 Å². The molecule has 1 aliphatic heterocycles. The molecule has 2 N–H and O–H groups in total. The van der Waals surface area contributed by atoms with Crippen LogP contribution in [0.3, 0.4) is 0 Å². The summed E-state index contributed by atoms with van der Waals surface area (Å²) in [5, 5.41) is 10.6. The average Bonchev–Trinajstić information content (AvgIpc) is 3.37. The number of carbonyl (C=O) groups excluding carboxylic acids is 1. The van der Waals surface area contributed by atoms with Crippen LogP contribution in [0.5, 0.6) is 11.5 Å². The minimum absolute atomic E-state index is 0.0186. The number of hydrogen-bond donors (Lipinski definition) is 2. The van der Waals surface area contributed by atoms with E-state index in [0.29, 0.717) is 50.0 Å². The van der Waals surface area contributed by atoms with Gasteiger partial charge in [0.2, 0.25) is 5.95 Å². The number of fused-ring (bicyclic) bond motifs is 1. The number of allylic oxidation sites excluding steroid dienone is 1. The van der Waals surface area contributed by atoms with Crippen molar-refractivity contribution in [3.05, 3.63) is 105 Å². The van der Waals surface area contributed by atoms with Crippen molar-refractivity contribution < 1.29 is 18.7 Å². The van der Waals surface area contributed by atoms with Gasteiger partial charge in [-0.15, -0.1) is 0 Å². The highest BCUT2D eigenvalue weighted by Gasteiger charge is 2.34. The van der Waals surface area contributed by atoms with Crippen LogP contribution in [0.15, 0.2) is 82.7 Å². The maximum atomic E-state index is 14.1. The van der Waals surface area contributed by atoms with Crippen LogP contribution in [0.25, 0.3) is 0 Å². The summed E-state index contributed by atoms with van der Waals surface area (Å²) in [6.07, 6.45) is 1.43. The summed E-state index contributed by atoms with van der Waals surface area (Å²) < 4.78 is 28.0. The Morgan fingerprint density at radius 2 is 1.92 bits per heavy atom. The van der Waals surface area contributed by atoms with Crippen LogP contribution in [0, 0.1) is 12.7 Å². The van der Waals surface area contributed by atoms with Crippen LogP contribution < -0.4 is 20.1 Å². The van der Waals surface area contributed by atoms with Crippen LogP contribution in [-0.4, -0.2) is 27.8 Å². The van der Waals surface area contributed by atoms with Gasteiger partial charge in [0.25, 0.3) is 5.91 Å². The molecule has 5 rings (SSSR count). The number of benzene rings is 3. The van der Waals surface area contributed by atoms with Gasteiger partial charge in [0.1, 0.15) is 24.8 Å². The molecule has 194 valence electrons. The third kappa shape index (κ3) is 4.99. The van der Waals surface area contributed by atoms with E-state index in [4.69, 9.17) is 9.47 Å². The van der Waals surface area contributed by atoms with Crippen LogP contribution in [0.2, 0.25) is 0 Å². The van der Waals surface area contributed by atoms with Crippen molar-refractivity contribution in [1.29, 1.82) is 0 Å². The monoisotopic (exact) mass is 577 g/mol. The third-order valence-corrected chi connectivity index (χ3v) is 6.83. The van der Waals surface area contributed by atoms with Crippen LogP contribution >= 0.6 is 15.9 Å². The highest BCUT2D eigenvalue weighted by molar-refractivity contribution is 9.10. The highest BCUT2D eigenvalue weighted by atomic mass is 79.9. The summed E-state index contributed by atoms with van der Waals surface area (Å²) in [4.78, 5) is 17.9. The summed E-state index contributed by atoms with van der Waals surface area (Å²) in [7, 11) is 1.52. The van der Waals surface area contributed by atoms with Gasteiger partial charge in [-0.3, -0.25) is 4.79 Å². The fourth-order valence-electron chi connectivity index (χ4n) is 4.33. The molecule has 1 aliphatic rings. The summed E-state index contributed by atoms with van der Waals surface area (Å²) in [6, 6.07) is 17.0. The van der Waals surface area contributed by atoms with Crippen molar-refractivity contribution in [2.24, 2.45) is 0 Å². The van der Waals surface area contributed by atoms with Crippen molar-refractivity contribution >= 4 is 33.5 Å². The second-order valence-electron chi connectivity index (χ2n) is 8.83. The van der Waals surface area contributed by atoms with E-state index < -0.39 is 6.04 Å². The molecule has 4 aromatic rings. The molecule has 0 saturated heterocycles. The van der Waals surface area contributed by atoms with Crippen molar-refractivity contribution in [2.45, 2.75) is 26.5 Å². The van der Waals surface area contributed by atoms with Crippen LogP contribution in [-0.2, 0) is 11.4 Å². The van der Waals surface area contributed by atoms with Gasteiger partial charge in [-0.2, -0.15) is 10.1 Å². The number of carbonyl (C=O) groups is 1. The van der Waals surface area contributed by atoms with Crippen molar-refractivity contribution in [3.63, 3.8) is 0 Å². The topological polar surface area (TPSA) is 90.3 Å². The number of amides is 1. The Kier molecular flexibility index (Phi) is 7.15. The number of aryl methyl sites for hydroxylation is 1. The second kappa shape index (κ2) is 10.7. The summed E-state index contributed by atoms with van der Waals surface area (Å²) in [5.41, 5.74) is 4.03. The molecule has 8 nitrogen and oxygen atoms in total. The molecular weight excluding hydrogens is 553 g/mol. The van der Waals surface area contributed by atoms with Crippen molar-refractivity contribution in [2.75, 3.05) is 17.7 Å². The molecule has 1 amide bonds. The lowest BCUT2D eigenvalue weighted by Gasteiger charge is -2.29. The van der Waals surface area contributed by atoms with Gasteiger partial charge in [-0.05, 0) is 65.7 Å². The molecule has 1 atom stereocenters. The second-order valence-corrected chi connectivity index (χ2v) is 9.68. The fourth-order valence-corrected chi connectivity index (χ4v) is 4.91. The first-order chi connectivity index (χ1) is 18.4. The lowest BCUT2D eigenvalue weighted by atomic mass is 9.94. The zero-order valence-corrected chi connectivity index (χ0v) is 22.5. The number of halogens is 2. The summed E-state index contributed by atoms with van der Waals surface area (Å²) in [6.45, 7) is 3.83. The van der Waals surface area contributed by atoms with E-state index in [9.17, 15) is 9.18 Å². The van der Waals surface area contributed by atoms with Gasteiger partial charge in [-0.25, -0.2) is 9.07 Å². The fraction of sp³-hybridized carbons (Fsp3) is 0.179. The van der Waals surface area contributed by atoms with Gasteiger partial charge in [-0.1, -0.05) is 35.9 Å². The number of ether oxygens (including phenoxy) is 2. The molecular formula is C28H25BrFN5O3. The van der Waals surface area contributed by atoms with Gasteiger partial charge < -0.3 is 20.1 Å². The minimum atomic E-state index is -0.606. The van der Waals surface area contributed by atoms with Crippen LogP contribution in [0.1, 0.15) is 29.7 Å². The molecule has 1 unspecified atom stereocenters. The van der Waals surface area contributed by atoms with E-state index in [1.54, 1.807) is 28.9 Å². The Labute approximate surface area is 227 Å². The number of aromatic nitrogens is 3. The number of rotatable bonds is 7. The SMILES string of the molecule is COc1cc(C2C(C(=O)Nc3ccc(C)cc3)=C(C)Nc3ncnn32)cc(Br)c1OCc1ccccc1F. The quantitative estimate of drug-likeness (QED) is 0.280. The molecule has 0 aliphatic carbocycles. The smallest absolute Gasteiger partial charge is 0.255 e. The molecule has 3 aromatic carbocycles. The lowest BCUT2D eigenvalue weighted by molar-refractivity contribution is -0.113. The third-order valence-electron chi connectivity index (χ3n) is 6.25. The average molecular weight is 578 g/mol. The minimum Gasteiger partial charge on any atom is -0.493 e. The Morgan fingerprint density at radius 3 is 2.66 bits per heavy atom. The predicted molar refractivity (Wildman–Crippen MR) is 146 cm³/mol. The van der Waals surface area contributed by atoms with E-state index in [-0.39, 0.29) is 18.3 Å². The van der Waals surface area contributed by atoms with E-state index in [2.05, 4.69) is 36.6 Å². The molecule has 0 fully saturated rings. The molecule has 1 aromatic heterocycles. The lowest BCUT2D eigenvalue weighted by Crippen LogP contribution is -2.31. The molecule has 0 radical (unpaired) electrons. The van der Waals surface area contributed by atoms with Crippen molar-refractivity contribution in [3.8, 4) is 11.5 Å². The maximum absolute atomic E-state index is 14.1. The number of anilines is 2. The number of methoxy groups -OCH3 is 1. The Morgan fingerprint density at radius 1 is 1.16 bits per heavy atom. The zero-order chi connectivity index (χ0) is 26.8. The largest absolute Gasteiger partial charge is 0.493 e. The molecule has 10 heteroatoms. The summed E-state index contributed by atoms with van der Waals surface area (Å²) >= 11 is 3.58. The van der Waals surface area contributed by atoms with Gasteiger partial charge in [0.15, 0.2) is 11.5 Å². The number of hydrogen-bond acceptors (Lipinski definition) is 6. The molecule has 38 heavy (non-hydrogen) atoms. The Balaban J connectivity index is 1.51.